The number of hydrogen-bond donors (Lipinski definition) is 2. The minimum atomic E-state index is -1.48. The fraction of sp³-hybridized carbons (Fsp3) is 0.188. The maximum atomic E-state index is 9.91. The maximum absolute atomic E-state index is 9.91. The van der Waals surface area contributed by atoms with Crippen LogP contribution in [0.2, 0.25) is 0 Å². The third-order valence-corrected chi connectivity index (χ3v) is 2.91. The minimum absolute atomic E-state index is 0.354. The molecule has 0 saturated heterocycles. The number of benzene rings is 2. The van der Waals surface area contributed by atoms with Gasteiger partial charge in [0.15, 0.2) is 6.10 Å². The standard InChI is InChI=1S/C16H15NO3/c17-10-14(18)16(19)13-8-4-5-9-15(13)20-11-12-6-2-1-3-7-12/h1-9,14,16,18-19H,11H2. The van der Waals surface area contributed by atoms with Crippen molar-refractivity contribution >= 4 is 0 Å². The number of rotatable bonds is 5. The Morgan fingerprint density at radius 3 is 2.35 bits per heavy atom. The molecule has 2 atom stereocenters. The fourth-order valence-electron chi connectivity index (χ4n) is 1.83. The zero-order valence-corrected chi connectivity index (χ0v) is 10.8. The summed E-state index contributed by atoms with van der Waals surface area (Å²) in [6.07, 6.45) is -2.76. The Hall–Kier alpha value is -2.35. The fourth-order valence-corrected chi connectivity index (χ4v) is 1.83. The summed E-state index contributed by atoms with van der Waals surface area (Å²) in [5, 5.41) is 28.0. The van der Waals surface area contributed by atoms with Gasteiger partial charge in [0.25, 0.3) is 0 Å². The molecule has 0 amide bonds. The van der Waals surface area contributed by atoms with Crippen molar-refractivity contribution in [1.29, 1.82) is 5.26 Å². The molecule has 2 aromatic rings. The third kappa shape index (κ3) is 3.35. The topological polar surface area (TPSA) is 73.5 Å². The number of nitriles is 1. The van der Waals surface area contributed by atoms with Crippen LogP contribution in [0.25, 0.3) is 0 Å². The first kappa shape index (κ1) is 14.1. The summed E-state index contributed by atoms with van der Waals surface area (Å²) < 4.78 is 5.66. The number of hydrogen-bond acceptors (Lipinski definition) is 4. The van der Waals surface area contributed by atoms with E-state index in [2.05, 4.69) is 0 Å². The lowest BCUT2D eigenvalue weighted by Gasteiger charge is -2.17. The van der Waals surface area contributed by atoms with E-state index in [1.165, 1.54) is 0 Å². The molecule has 0 bridgehead atoms. The zero-order valence-electron chi connectivity index (χ0n) is 10.8. The van der Waals surface area contributed by atoms with Crippen molar-refractivity contribution in [3.05, 3.63) is 65.7 Å². The van der Waals surface area contributed by atoms with Crippen LogP contribution in [0.4, 0.5) is 0 Å². The first-order chi connectivity index (χ1) is 9.72. The highest BCUT2D eigenvalue weighted by atomic mass is 16.5. The molecule has 2 unspecified atom stereocenters. The Balaban J connectivity index is 2.14. The van der Waals surface area contributed by atoms with Crippen LogP contribution in [0.3, 0.4) is 0 Å². The van der Waals surface area contributed by atoms with Crippen molar-refractivity contribution in [2.45, 2.75) is 18.8 Å². The van der Waals surface area contributed by atoms with Crippen LogP contribution in [0.1, 0.15) is 17.2 Å². The molecule has 2 N–H and O–H groups in total. The molecule has 20 heavy (non-hydrogen) atoms. The molecule has 0 fully saturated rings. The zero-order chi connectivity index (χ0) is 14.4. The summed E-state index contributed by atoms with van der Waals surface area (Å²) in [7, 11) is 0. The van der Waals surface area contributed by atoms with Crippen molar-refractivity contribution in [2.75, 3.05) is 0 Å². The van der Waals surface area contributed by atoms with E-state index in [0.29, 0.717) is 17.9 Å². The molecule has 0 aromatic heterocycles. The largest absolute Gasteiger partial charge is 0.489 e. The van der Waals surface area contributed by atoms with Crippen LogP contribution in [-0.2, 0) is 6.61 Å². The molecule has 0 aliphatic rings. The normalized spacial score (nSPS) is 13.2. The summed E-state index contributed by atoms with van der Waals surface area (Å²) in [4.78, 5) is 0. The smallest absolute Gasteiger partial charge is 0.170 e. The van der Waals surface area contributed by atoms with Gasteiger partial charge in [-0.25, -0.2) is 0 Å². The molecule has 0 heterocycles. The second-order valence-corrected chi connectivity index (χ2v) is 4.33. The van der Waals surface area contributed by atoms with E-state index >= 15 is 0 Å². The van der Waals surface area contributed by atoms with Gasteiger partial charge in [0.05, 0.1) is 6.07 Å². The van der Waals surface area contributed by atoms with Gasteiger partial charge in [0.1, 0.15) is 18.5 Å². The SMILES string of the molecule is N#CC(O)C(O)c1ccccc1OCc1ccccc1. The number of ether oxygens (including phenoxy) is 1. The van der Waals surface area contributed by atoms with E-state index < -0.39 is 12.2 Å². The van der Waals surface area contributed by atoms with E-state index in [1.54, 1.807) is 30.3 Å². The molecule has 102 valence electrons. The maximum Gasteiger partial charge on any atom is 0.170 e. The Morgan fingerprint density at radius 2 is 1.65 bits per heavy atom. The quantitative estimate of drug-likeness (QED) is 0.816. The molecular weight excluding hydrogens is 254 g/mol. The number of aliphatic hydroxyl groups is 2. The highest BCUT2D eigenvalue weighted by molar-refractivity contribution is 5.36. The second kappa shape index (κ2) is 6.71. The van der Waals surface area contributed by atoms with Gasteiger partial charge in [-0.1, -0.05) is 48.5 Å². The average molecular weight is 269 g/mol. The van der Waals surface area contributed by atoms with Crippen molar-refractivity contribution in [3.63, 3.8) is 0 Å². The molecule has 0 aliphatic heterocycles. The lowest BCUT2D eigenvalue weighted by atomic mass is 10.0. The molecule has 0 spiro atoms. The predicted molar refractivity (Wildman–Crippen MR) is 73.8 cm³/mol. The van der Waals surface area contributed by atoms with Crippen LogP contribution in [0.15, 0.2) is 54.6 Å². The van der Waals surface area contributed by atoms with Crippen molar-refractivity contribution in [3.8, 4) is 11.8 Å². The van der Waals surface area contributed by atoms with Crippen LogP contribution in [0.5, 0.6) is 5.75 Å². The predicted octanol–water partition coefficient (Wildman–Crippen LogP) is 2.18. The van der Waals surface area contributed by atoms with E-state index in [0.717, 1.165) is 5.56 Å². The monoisotopic (exact) mass is 269 g/mol. The summed E-state index contributed by atoms with van der Waals surface area (Å²) in [6.45, 7) is 0.354. The van der Waals surface area contributed by atoms with E-state index in [1.807, 2.05) is 30.3 Å². The third-order valence-electron chi connectivity index (χ3n) is 2.91. The Kier molecular flexibility index (Phi) is 4.72. The molecular formula is C16H15NO3. The van der Waals surface area contributed by atoms with Crippen molar-refractivity contribution in [2.24, 2.45) is 0 Å². The summed E-state index contributed by atoms with van der Waals surface area (Å²) in [5.41, 5.74) is 1.40. The lowest BCUT2D eigenvalue weighted by Crippen LogP contribution is -2.16. The van der Waals surface area contributed by atoms with Crippen LogP contribution < -0.4 is 4.74 Å². The Bertz CT molecular complexity index is 592. The first-order valence-electron chi connectivity index (χ1n) is 6.24. The van der Waals surface area contributed by atoms with E-state index in [-0.39, 0.29) is 0 Å². The molecule has 4 heteroatoms. The average Bonchev–Trinajstić information content (AvgIpc) is 2.52. The van der Waals surface area contributed by atoms with Crippen molar-refractivity contribution < 1.29 is 14.9 Å². The van der Waals surface area contributed by atoms with Gasteiger partial charge >= 0.3 is 0 Å². The van der Waals surface area contributed by atoms with Gasteiger partial charge < -0.3 is 14.9 Å². The molecule has 2 aromatic carbocycles. The Labute approximate surface area is 117 Å². The van der Waals surface area contributed by atoms with Gasteiger partial charge in [-0.3, -0.25) is 0 Å². The number of nitrogens with zero attached hydrogens (tertiary/aromatic N) is 1. The summed E-state index contributed by atoms with van der Waals surface area (Å²) in [5.74, 6) is 0.457. The van der Waals surface area contributed by atoms with Gasteiger partial charge in [0.2, 0.25) is 0 Å². The Morgan fingerprint density at radius 1 is 1.00 bits per heavy atom. The van der Waals surface area contributed by atoms with Crippen LogP contribution in [0, 0.1) is 11.3 Å². The van der Waals surface area contributed by atoms with Crippen LogP contribution in [-0.4, -0.2) is 16.3 Å². The second-order valence-electron chi connectivity index (χ2n) is 4.33. The van der Waals surface area contributed by atoms with Gasteiger partial charge in [-0.15, -0.1) is 0 Å². The first-order valence-corrected chi connectivity index (χ1v) is 6.24. The summed E-state index contributed by atoms with van der Waals surface area (Å²) >= 11 is 0. The van der Waals surface area contributed by atoms with Crippen molar-refractivity contribution in [1.82, 2.24) is 0 Å². The molecule has 2 rings (SSSR count). The van der Waals surface area contributed by atoms with Gasteiger partial charge in [-0.05, 0) is 11.6 Å². The number of aliphatic hydroxyl groups excluding tert-OH is 2. The minimum Gasteiger partial charge on any atom is -0.489 e. The highest BCUT2D eigenvalue weighted by Gasteiger charge is 2.21. The van der Waals surface area contributed by atoms with Gasteiger partial charge in [0, 0.05) is 5.56 Å². The van der Waals surface area contributed by atoms with Gasteiger partial charge in [-0.2, -0.15) is 5.26 Å². The van der Waals surface area contributed by atoms with E-state index in [4.69, 9.17) is 10.00 Å². The van der Waals surface area contributed by atoms with Crippen LogP contribution >= 0.6 is 0 Å². The highest BCUT2D eigenvalue weighted by Crippen LogP contribution is 2.27. The van der Waals surface area contributed by atoms with E-state index in [9.17, 15) is 10.2 Å². The molecule has 4 nitrogen and oxygen atoms in total. The molecule has 0 saturated carbocycles. The molecule has 0 aliphatic carbocycles. The summed E-state index contributed by atoms with van der Waals surface area (Å²) in [6, 6.07) is 18.1. The number of para-hydroxylation sites is 1. The lowest BCUT2D eigenvalue weighted by molar-refractivity contribution is 0.0504. The molecule has 0 radical (unpaired) electrons.